The standard InChI is InChI=1S/C15H29NO2/c1-12(2)16-8-9-18-15(11-16)14(17)10-13-6-4-3-5-7-13/h12-15,17H,3-11H2,1-2H3. The van der Waals surface area contributed by atoms with Crippen LogP contribution in [0.25, 0.3) is 0 Å². The van der Waals surface area contributed by atoms with Gasteiger partial charge in [0.25, 0.3) is 0 Å². The van der Waals surface area contributed by atoms with Crippen molar-refractivity contribution in [3.05, 3.63) is 0 Å². The molecule has 106 valence electrons. The van der Waals surface area contributed by atoms with Crippen LogP contribution in [0.1, 0.15) is 52.4 Å². The fourth-order valence-corrected chi connectivity index (χ4v) is 3.31. The molecule has 18 heavy (non-hydrogen) atoms. The molecular formula is C15H29NO2. The van der Waals surface area contributed by atoms with Crippen LogP contribution in [0.3, 0.4) is 0 Å². The van der Waals surface area contributed by atoms with Crippen LogP contribution in [-0.4, -0.2) is 48.0 Å². The second kappa shape index (κ2) is 6.88. The summed E-state index contributed by atoms with van der Waals surface area (Å²) in [6.45, 7) is 7.10. The normalized spacial score (nSPS) is 29.7. The Morgan fingerprint density at radius 2 is 1.94 bits per heavy atom. The summed E-state index contributed by atoms with van der Waals surface area (Å²) in [5.74, 6) is 0.728. The van der Waals surface area contributed by atoms with Gasteiger partial charge in [0.05, 0.1) is 18.8 Å². The van der Waals surface area contributed by atoms with Gasteiger partial charge in [-0.15, -0.1) is 0 Å². The molecule has 0 radical (unpaired) electrons. The highest BCUT2D eigenvalue weighted by atomic mass is 16.5. The molecule has 0 aromatic rings. The van der Waals surface area contributed by atoms with Gasteiger partial charge in [-0.25, -0.2) is 0 Å². The van der Waals surface area contributed by atoms with E-state index in [9.17, 15) is 5.11 Å². The van der Waals surface area contributed by atoms with Crippen molar-refractivity contribution in [2.75, 3.05) is 19.7 Å². The van der Waals surface area contributed by atoms with Crippen molar-refractivity contribution in [2.24, 2.45) is 5.92 Å². The van der Waals surface area contributed by atoms with Crippen LogP contribution < -0.4 is 0 Å². The van der Waals surface area contributed by atoms with Gasteiger partial charge in [0.2, 0.25) is 0 Å². The minimum absolute atomic E-state index is 0.0306. The predicted octanol–water partition coefficient (Wildman–Crippen LogP) is 2.43. The smallest absolute Gasteiger partial charge is 0.0961 e. The molecule has 1 saturated heterocycles. The lowest BCUT2D eigenvalue weighted by molar-refractivity contribution is -0.101. The Morgan fingerprint density at radius 3 is 2.61 bits per heavy atom. The number of ether oxygens (including phenoxy) is 1. The fraction of sp³-hybridized carbons (Fsp3) is 1.00. The Bertz CT molecular complexity index is 239. The molecule has 0 spiro atoms. The maximum atomic E-state index is 10.4. The number of rotatable bonds is 4. The van der Waals surface area contributed by atoms with Crippen molar-refractivity contribution in [3.63, 3.8) is 0 Å². The third-order valence-corrected chi connectivity index (χ3v) is 4.58. The molecule has 2 rings (SSSR count). The van der Waals surface area contributed by atoms with Crippen molar-refractivity contribution in [2.45, 2.75) is 70.6 Å². The number of aliphatic hydroxyl groups is 1. The van der Waals surface area contributed by atoms with Crippen molar-refractivity contribution < 1.29 is 9.84 Å². The fourth-order valence-electron chi connectivity index (χ4n) is 3.31. The van der Waals surface area contributed by atoms with Crippen LogP contribution in [0.4, 0.5) is 0 Å². The first-order valence-corrected chi connectivity index (χ1v) is 7.70. The molecule has 0 bridgehead atoms. The van der Waals surface area contributed by atoms with Crippen molar-refractivity contribution >= 4 is 0 Å². The SMILES string of the molecule is CC(C)N1CCOC(C(O)CC2CCCCC2)C1. The number of aliphatic hydroxyl groups excluding tert-OH is 1. The summed E-state index contributed by atoms with van der Waals surface area (Å²) in [6, 6.07) is 0.554. The van der Waals surface area contributed by atoms with E-state index < -0.39 is 0 Å². The molecule has 2 atom stereocenters. The van der Waals surface area contributed by atoms with E-state index in [1.807, 2.05) is 0 Å². The van der Waals surface area contributed by atoms with E-state index in [2.05, 4.69) is 18.7 Å². The van der Waals surface area contributed by atoms with E-state index >= 15 is 0 Å². The van der Waals surface area contributed by atoms with Gasteiger partial charge in [0, 0.05) is 19.1 Å². The molecule has 2 fully saturated rings. The average molecular weight is 255 g/mol. The van der Waals surface area contributed by atoms with Gasteiger partial charge in [-0.2, -0.15) is 0 Å². The van der Waals surface area contributed by atoms with Crippen LogP contribution in [0.5, 0.6) is 0 Å². The number of hydrogen-bond acceptors (Lipinski definition) is 3. The lowest BCUT2D eigenvalue weighted by Crippen LogP contribution is -2.50. The number of nitrogens with zero attached hydrogens (tertiary/aromatic N) is 1. The molecule has 1 heterocycles. The van der Waals surface area contributed by atoms with Gasteiger partial charge in [-0.1, -0.05) is 32.1 Å². The van der Waals surface area contributed by atoms with Crippen molar-refractivity contribution in [1.82, 2.24) is 4.90 Å². The first kappa shape index (κ1) is 14.3. The molecule has 3 nitrogen and oxygen atoms in total. The van der Waals surface area contributed by atoms with Crippen molar-refractivity contribution in [3.8, 4) is 0 Å². The minimum Gasteiger partial charge on any atom is -0.390 e. The van der Waals surface area contributed by atoms with Gasteiger partial charge in [0.1, 0.15) is 0 Å². The monoisotopic (exact) mass is 255 g/mol. The summed E-state index contributed by atoms with van der Waals surface area (Å²) in [5, 5.41) is 10.4. The zero-order valence-electron chi connectivity index (χ0n) is 12.0. The van der Waals surface area contributed by atoms with E-state index in [1.54, 1.807) is 0 Å². The summed E-state index contributed by atoms with van der Waals surface area (Å²) >= 11 is 0. The van der Waals surface area contributed by atoms with Gasteiger partial charge in [-0.3, -0.25) is 4.90 Å². The molecule has 0 aromatic carbocycles. The Hall–Kier alpha value is -0.120. The molecule has 2 unspecified atom stereocenters. The topological polar surface area (TPSA) is 32.7 Å². The van der Waals surface area contributed by atoms with E-state index in [0.29, 0.717) is 6.04 Å². The highest BCUT2D eigenvalue weighted by Crippen LogP contribution is 2.28. The Morgan fingerprint density at radius 1 is 1.22 bits per heavy atom. The van der Waals surface area contributed by atoms with E-state index in [0.717, 1.165) is 32.0 Å². The van der Waals surface area contributed by atoms with Gasteiger partial charge in [-0.05, 0) is 26.2 Å². The minimum atomic E-state index is -0.269. The molecule has 1 saturated carbocycles. The van der Waals surface area contributed by atoms with Crippen LogP contribution in [-0.2, 0) is 4.74 Å². The zero-order valence-corrected chi connectivity index (χ0v) is 12.0. The molecule has 1 aliphatic carbocycles. The van der Waals surface area contributed by atoms with Crippen LogP contribution in [0, 0.1) is 5.92 Å². The molecule has 1 aliphatic heterocycles. The molecule has 0 aromatic heterocycles. The maximum Gasteiger partial charge on any atom is 0.0961 e. The van der Waals surface area contributed by atoms with Gasteiger partial charge >= 0.3 is 0 Å². The number of hydrogen-bond donors (Lipinski definition) is 1. The van der Waals surface area contributed by atoms with Crippen LogP contribution >= 0.6 is 0 Å². The summed E-state index contributed by atoms with van der Waals surface area (Å²) in [6.07, 6.45) is 7.39. The van der Waals surface area contributed by atoms with E-state index in [4.69, 9.17) is 4.74 Å². The quantitative estimate of drug-likeness (QED) is 0.837. The van der Waals surface area contributed by atoms with E-state index in [1.165, 1.54) is 32.1 Å². The van der Waals surface area contributed by atoms with Crippen LogP contribution in [0.2, 0.25) is 0 Å². The second-order valence-electron chi connectivity index (χ2n) is 6.31. The summed E-state index contributed by atoms with van der Waals surface area (Å²) in [5.41, 5.74) is 0. The van der Waals surface area contributed by atoms with Gasteiger partial charge in [0.15, 0.2) is 0 Å². The largest absolute Gasteiger partial charge is 0.390 e. The summed E-state index contributed by atoms with van der Waals surface area (Å²) in [7, 11) is 0. The molecule has 1 N–H and O–H groups in total. The summed E-state index contributed by atoms with van der Waals surface area (Å²) in [4.78, 5) is 2.41. The third kappa shape index (κ3) is 3.94. The summed E-state index contributed by atoms with van der Waals surface area (Å²) < 4.78 is 5.77. The predicted molar refractivity (Wildman–Crippen MR) is 73.6 cm³/mol. The zero-order chi connectivity index (χ0) is 13.0. The van der Waals surface area contributed by atoms with Crippen LogP contribution in [0.15, 0.2) is 0 Å². The molecule has 2 aliphatic rings. The third-order valence-electron chi connectivity index (χ3n) is 4.58. The highest BCUT2D eigenvalue weighted by molar-refractivity contribution is 4.81. The molecule has 0 amide bonds. The van der Waals surface area contributed by atoms with Gasteiger partial charge < -0.3 is 9.84 Å². The Balaban J connectivity index is 1.78. The average Bonchev–Trinajstić information content (AvgIpc) is 2.40. The first-order chi connectivity index (χ1) is 8.66. The van der Waals surface area contributed by atoms with E-state index in [-0.39, 0.29) is 12.2 Å². The molecular weight excluding hydrogens is 226 g/mol. The first-order valence-electron chi connectivity index (χ1n) is 7.70. The maximum absolute atomic E-state index is 10.4. The Kier molecular flexibility index (Phi) is 5.46. The Labute approximate surface area is 112 Å². The highest BCUT2D eigenvalue weighted by Gasteiger charge is 2.29. The number of morpholine rings is 1. The molecule has 3 heteroatoms. The lowest BCUT2D eigenvalue weighted by Gasteiger charge is -2.38. The lowest BCUT2D eigenvalue weighted by atomic mass is 9.84. The second-order valence-corrected chi connectivity index (χ2v) is 6.31. The van der Waals surface area contributed by atoms with Crippen molar-refractivity contribution in [1.29, 1.82) is 0 Å².